The lowest BCUT2D eigenvalue weighted by Crippen LogP contribution is -2.47. The highest BCUT2D eigenvalue weighted by atomic mass is 16.6. The van der Waals surface area contributed by atoms with Gasteiger partial charge in [-0.1, -0.05) is 18.6 Å². The van der Waals surface area contributed by atoms with Crippen LogP contribution in [0.25, 0.3) is 0 Å². The molecule has 1 aliphatic rings. The second-order valence-corrected chi connectivity index (χ2v) is 11.1. The summed E-state index contributed by atoms with van der Waals surface area (Å²) in [5.74, 6) is -2.19. The third-order valence-corrected chi connectivity index (χ3v) is 7.12. The number of benzene rings is 1. The number of ether oxygens (including phenoxy) is 1. The average molecular weight is 673 g/mol. The summed E-state index contributed by atoms with van der Waals surface area (Å²) in [6.07, 6.45) is 4.80. The van der Waals surface area contributed by atoms with Crippen molar-refractivity contribution in [2.45, 2.75) is 51.2 Å². The molecule has 1 aromatic carbocycles. The predicted octanol–water partition coefficient (Wildman–Crippen LogP) is -0.183. The fraction of sp³-hybridized carbons (Fsp3) is 0.484. The molecule has 1 heterocycles. The van der Waals surface area contributed by atoms with Gasteiger partial charge in [-0.15, -0.1) is 0 Å². The number of nitrogens with one attached hydrogen (secondary N) is 4. The lowest BCUT2D eigenvalue weighted by atomic mass is 10.1. The number of anilines is 1. The molecule has 1 atom stereocenters. The van der Waals surface area contributed by atoms with Crippen LogP contribution in [0.5, 0.6) is 0 Å². The number of carbonyl (C=O) groups excluding carboxylic acids is 8. The molecule has 1 unspecified atom stereocenters. The normalized spacial score (nSPS) is 12.6. The zero-order valence-electron chi connectivity index (χ0n) is 27.2. The van der Waals surface area contributed by atoms with Crippen LogP contribution in [-0.4, -0.2) is 116 Å². The molecule has 1 aliphatic heterocycles. The minimum absolute atomic E-state index is 0.0173. The lowest BCUT2D eigenvalue weighted by Gasteiger charge is -2.20. The monoisotopic (exact) mass is 672 g/mol. The van der Waals surface area contributed by atoms with Gasteiger partial charge in [0.05, 0.1) is 6.54 Å². The number of primary amides is 1. The molecule has 2 rings (SSSR count). The summed E-state index contributed by atoms with van der Waals surface area (Å²) in [6.45, 7) is 0.731. The zero-order valence-corrected chi connectivity index (χ0v) is 27.2. The van der Waals surface area contributed by atoms with Gasteiger partial charge in [0.15, 0.2) is 0 Å². The van der Waals surface area contributed by atoms with E-state index in [0.29, 0.717) is 56.4 Å². The molecule has 1 aromatic rings. The third-order valence-electron chi connectivity index (χ3n) is 7.12. The van der Waals surface area contributed by atoms with E-state index in [-0.39, 0.29) is 56.8 Å². The van der Waals surface area contributed by atoms with Gasteiger partial charge in [-0.05, 0) is 43.4 Å². The van der Waals surface area contributed by atoms with Crippen molar-refractivity contribution in [3.8, 4) is 0 Å². The second-order valence-electron chi connectivity index (χ2n) is 11.1. The van der Waals surface area contributed by atoms with Crippen LogP contribution in [0.2, 0.25) is 0 Å². The van der Waals surface area contributed by atoms with Gasteiger partial charge in [-0.3, -0.25) is 33.7 Å². The second kappa shape index (κ2) is 20.6. The Morgan fingerprint density at radius 1 is 0.917 bits per heavy atom. The van der Waals surface area contributed by atoms with Crippen molar-refractivity contribution in [3.63, 3.8) is 0 Å². The van der Waals surface area contributed by atoms with Gasteiger partial charge in [0.2, 0.25) is 24.1 Å². The number of unbranched alkanes of at least 4 members (excludes halogenated alkanes) is 2. The molecule has 0 bridgehead atoms. The van der Waals surface area contributed by atoms with E-state index >= 15 is 0 Å². The predicted molar refractivity (Wildman–Crippen MR) is 173 cm³/mol. The van der Waals surface area contributed by atoms with Crippen molar-refractivity contribution < 1.29 is 43.1 Å². The van der Waals surface area contributed by atoms with Crippen LogP contribution in [0, 0.1) is 0 Å². The molecule has 0 fully saturated rings. The van der Waals surface area contributed by atoms with Crippen LogP contribution in [0.15, 0.2) is 36.4 Å². The summed E-state index contributed by atoms with van der Waals surface area (Å²) < 4.78 is 5.28. The number of imide groups is 1. The van der Waals surface area contributed by atoms with Crippen LogP contribution in [-0.2, 0) is 40.1 Å². The SMILES string of the molecule is CN(C=O)CCN(C)C(=O)OCc1ccc(NC(=O)C(CCCNC(N)=O)NC(=O)CNC(=O)CCCCCN2C(=O)C=CC2=O)cc1. The van der Waals surface area contributed by atoms with Crippen LogP contribution in [0.4, 0.5) is 15.3 Å². The molecule has 0 aromatic heterocycles. The molecule has 0 saturated carbocycles. The largest absolute Gasteiger partial charge is 0.445 e. The van der Waals surface area contributed by atoms with Gasteiger partial charge >= 0.3 is 12.1 Å². The Bertz CT molecular complexity index is 1320. The smallest absolute Gasteiger partial charge is 0.409 e. The van der Waals surface area contributed by atoms with Gasteiger partial charge in [-0.25, -0.2) is 9.59 Å². The molecule has 0 radical (unpaired) electrons. The van der Waals surface area contributed by atoms with Crippen molar-refractivity contribution >= 4 is 53.8 Å². The number of urea groups is 1. The van der Waals surface area contributed by atoms with Gasteiger partial charge in [-0.2, -0.15) is 0 Å². The summed E-state index contributed by atoms with van der Waals surface area (Å²) in [5, 5.41) is 10.3. The summed E-state index contributed by atoms with van der Waals surface area (Å²) in [4.78, 5) is 98.8. The first-order valence-corrected chi connectivity index (χ1v) is 15.5. The van der Waals surface area contributed by atoms with Crippen molar-refractivity contribution in [3.05, 3.63) is 42.0 Å². The summed E-state index contributed by atoms with van der Waals surface area (Å²) >= 11 is 0. The molecular formula is C31H44N8O9. The third kappa shape index (κ3) is 14.7. The zero-order chi connectivity index (χ0) is 35.5. The highest BCUT2D eigenvalue weighted by molar-refractivity contribution is 6.12. The Balaban J connectivity index is 1.80. The maximum absolute atomic E-state index is 13.1. The number of likely N-dealkylation sites (N-methyl/N-ethyl adjacent to an activating group) is 2. The Morgan fingerprint density at radius 3 is 2.25 bits per heavy atom. The maximum Gasteiger partial charge on any atom is 0.409 e. The molecule has 17 heteroatoms. The maximum atomic E-state index is 13.1. The Morgan fingerprint density at radius 2 is 1.60 bits per heavy atom. The van der Waals surface area contributed by atoms with Crippen LogP contribution in [0.3, 0.4) is 0 Å². The van der Waals surface area contributed by atoms with E-state index < -0.39 is 30.0 Å². The number of hydrogen-bond donors (Lipinski definition) is 5. The summed E-state index contributed by atoms with van der Waals surface area (Å²) in [5.41, 5.74) is 6.17. The van der Waals surface area contributed by atoms with Crippen molar-refractivity contribution in [1.29, 1.82) is 0 Å². The van der Waals surface area contributed by atoms with Crippen molar-refractivity contribution in [2.75, 3.05) is 52.1 Å². The number of nitrogens with zero attached hydrogens (tertiary/aromatic N) is 3. The number of hydrogen-bond acceptors (Lipinski definition) is 9. The highest BCUT2D eigenvalue weighted by Crippen LogP contribution is 2.13. The van der Waals surface area contributed by atoms with Crippen LogP contribution < -0.4 is 27.0 Å². The fourth-order valence-corrected chi connectivity index (χ4v) is 4.30. The van der Waals surface area contributed by atoms with Crippen molar-refractivity contribution in [1.82, 2.24) is 30.7 Å². The molecule has 9 amide bonds. The Hall–Kier alpha value is -5.48. The van der Waals surface area contributed by atoms with Crippen LogP contribution >= 0.6 is 0 Å². The molecule has 0 aliphatic carbocycles. The fourth-order valence-electron chi connectivity index (χ4n) is 4.30. The van der Waals surface area contributed by atoms with E-state index in [9.17, 15) is 38.4 Å². The van der Waals surface area contributed by atoms with E-state index in [1.54, 1.807) is 38.4 Å². The van der Waals surface area contributed by atoms with Gasteiger partial charge in [0.1, 0.15) is 12.6 Å². The van der Waals surface area contributed by atoms with Crippen LogP contribution in [0.1, 0.15) is 44.1 Å². The van der Waals surface area contributed by atoms with E-state index in [1.807, 2.05) is 0 Å². The molecule has 262 valence electrons. The van der Waals surface area contributed by atoms with Crippen molar-refractivity contribution in [2.24, 2.45) is 5.73 Å². The van der Waals surface area contributed by atoms with Gasteiger partial charge in [0.25, 0.3) is 11.8 Å². The first-order valence-electron chi connectivity index (χ1n) is 15.5. The topological polar surface area (TPSA) is 230 Å². The highest BCUT2D eigenvalue weighted by Gasteiger charge is 2.23. The number of carbonyl (C=O) groups is 8. The number of nitrogens with two attached hydrogens (primary N) is 1. The first-order chi connectivity index (χ1) is 22.9. The molecule has 6 N–H and O–H groups in total. The number of rotatable bonds is 21. The molecule has 48 heavy (non-hydrogen) atoms. The summed E-state index contributed by atoms with van der Waals surface area (Å²) in [7, 11) is 3.16. The summed E-state index contributed by atoms with van der Waals surface area (Å²) in [6, 6.07) is 4.81. The average Bonchev–Trinajstić information content (AvgIpc) is 3.38. The van der Waals surface area contributed by atoms with Gasteiger partial charge < -0.3 is 41.5 Å². The molecule has 17 nitrogen and oxygen atoms in total. The van der Waals surface area contributed by atoms with Gasteiger partial charge in [0, 0.05) is 64.5 Å². The minimum Gasteiger partial charge on any atom is -0.445 e. The van der Waals surface area contributed by atoms with E-state index in [4.69, 9.17) is 10.5 Å². The standard InChI is InChI=1S/C31H44N8O9/c1-37(21-40)17-18-38(2)31(47)48-20-22-9-11-23(12-10-22)35-29(45)24(7-6-15-33-30(32)46)36-26(42)19-34-25(41)8-4-3-5-16-39-27(43)13-14-28(39)44/h9-14,21,24H,3-8,15-20H2,1-2H3,(H,34,41)(H,35,45)(H,36,42)(H3,32,33,46). The molecule has 0 saturated heterocycles. The number of amides is 9. The molecule has 0 spiro atoms. The quantitative estimate of drug-likeness (QED) is 0.0661. The van der Waals surface area contributed by atoms with E-state index in [2.05, 4.69) is 21.3 Å². The van der Waals surface area contributed by atoms with E-state index in [1.165, 1.54) is 22.0 Å². The first kappa shape index (κ1) is 38.7. The van der Waals surface area contributed by atoms with E-state index in [0.717, 1.165) is 4.90 Å². The Kier molecular flexibility index (Phi) is 16.6. The Labute approximate surface area is 278 Å². The molecular weight excluding hydrogens is 628 g/mol. The minimum atomic E-state index is -0.996. The lowest BCUT2D eigenvalue weighted by molar-refractivity contribution is -0.137.